The zero-order valence-corrected chi connectivity index (χ0v) is 11.0. The lowest BCUT2D eigenvalue weighted by Gasteiger charge is -2.24. The van der Waals surface area contributed by atoms with Gasteiger partial charge in [-0.3, -0.25) is 9.69 Å². The van der Waals surface area contributed by atoms with Gasteiger partial charge in [-0.25, -0.2) is 0 Å². The monoisotopic (exact) mass is 264 g/mol. The molecule has 1 amide bonds. The molecule has 0 radical (unpaired) electrons. The van der Waals surface area contributed by atoms with Crippen LogP contribution in [0.5, 0.6) is 0 Å². The van der Waals surface area contributed by atoms with Crippen LogP contribution in [0.2, 0.25) is 0 Å². The Bertz CT molecular complexity index is 430. The number of anilines is 1. The Hall–Kier alpha value is -1.43. The Labute approximate surface area is 113 Å². The van der Waals surface area contributed by atoms with Gasteiger partial charge in [-0.2, -0.15) is 0 Å². The van der Waals surface area contributed by atoms with Crippen LogP contribution in [0.3, 0.4) is 0 Å². The summed E-state index contributed by atoms with van der Waals surface area (Å²) < 4.78 is 0. The van der Waals surface area contributed by atoms with E-state index in [2.05, 4.69) is 0 Å². The molecule has 0 aliphatic carbocycles. The summed E-state index contributed by atoms with van der Waals surface area (Å²) in [7, 11) is 0. The minimum absolute atomic E-state index is 0.0101. The summed E-state index contributed by atoms with van der Waals surface area (Å²) >= 11 is 0. The van der Waals surface area contributed by atoms with Crippen LogP contribution in [0, 0.1) is 0 Å². The molecule has 2 N–H and O–H groups in total. The van der Waals surface area contributed by atoms with E-state index in [9.17, 15) is 4.79 Å². The van der Waals surface area contributed by atoms with Crippen molar-refractivity contribution in [1.29, 1.82) is 0 Å². The summed E-state index contributed by atoms with van der Waals surface area (Å²) in [6, 6.07) is 7.92. The lowest BCUT2D eigenvalue weighted by atomic mass is 10.2. The molecule has 1 aromatic rings. The molecule has 1 aromatic carbocycles. The second kappa shape index (κ2) is 6.65. The molecular formula is C14H20N2O3. The van der Waals surface area contributed by atoms with Gasteiger partial charge in [-0.15, -0.1) is 0 Å². The van der Waals surface area contributed by atoms with Gasteiger partial charge in [-0.05, 0) is 18.1 Å². The minimum Gasteiger partial charge on any atom is -0.395 e. The van der Waals surface area contributed by atoms with Crippen molar-refractivity contribution in [2.24, 2.45) is 0 Å². The normalized spacial score (nSPS) is 13.9. The maximum Gasteiger partial charge on any atom is 0.241 e. The number of hydrogen-bond donors (Lipinski definition) is 2. The van der Waals surface area contributed by atoms with Crippen LogP contribution in [-0.4, -0.2) is 60.4 Å². The zero-order valence-electron chi connectivity index (χ0n) is 11.0. The Morgan fingerprint density at radius 3 is 2.58 bits per heavy atom. The SMILES string of the molecule is O=C(CN(CCO)CCO)N1CCc2ccccc21. The van der Waals surface area contributed by atoms with Crippen LogP contribution >= 0.6 is 0 Å². The second-order valence-corrected chi connectivity index (χ2v) is 4.65. The number of carbonyl (C=O) groups is 1. The van der Waals surface area contributed by atoms with Gasteiger partial charge in [0.15, 0.2) is 0 Å². The van der Waals surface area contributed by atoms with E-state index >= 15 is 0 Å². The lowest BCUT2D eigenvalue weighted by Crippen LogP contribution is -2.41. The number of carbonyl (C=O) groups excluding carboxylic acids is 1. The van der Waals surface area contributed by atoms with E-state index in [1.54, 1.807) is 9.80 Å². The van der Waals surface area contributed by atoms with E-state index in [4.69, 9.17) is 10.2 Å². The van der Waals surface area contributed by atoms with Crippen LogP contribution in [0.4, 0.5) is 5.69 Å². The van der Waals surface area contributed by atoms with Crippen molar-refractivity contribution in [3.63, 3.8) is 0 Å². The van der Waals surface area contributed by atoms with Gasteiger partial charge in [-0.1, -0.05) is 18.2 Å². The Morgan fingerprint density at radius 1 is 1.21 bits per heavy atom. The standard InChI is InChI=1S/C14H20N2O3/c17-9-7-15(8-10-18)11-14(19)16-6-5-12-3-1-2-4-13(12)16/h1-4,17-18H,5-11H2. The highest BCUT2D eigenvalue weighted by Crippen LogP contribution is 2.27. The molecule has 0 spiro atoms. The molecule has 0 saturated heterocycles. The Morgan fingerprint density at radius 2 is 1.89 bits per heavy atom. The first kappa shape index (κ1) is 14.0. The minimum atomic E-state index is -0.0101. The molecule has 1 aliphatic heterocycles. The largest absolute Gasteiger partial charge is 0.395 e. The summed E-state index contributed by atoms with van der Waals surface area (Å²) in [4.78, 5) is 15.8. The molecule has 1 aliphatic rings. The number of rotatable bonds is 6. The van der Waals surface area contributed by atoms with Crippen molar-refractivity contribution in [3.8, 4) is 0 Å². The molecule has 0 atom stereocenters. The molecule has 0 aromatic heterocycles. The first-order valence-electron chi connectivity index (χ1n) is 6.58. The molecule has 1 heterocycles. The van der Waals surface area contributed by atoms with E-state index in [1.165, 1.54) is 5.56 Å². The molecule has 5 heteroatoms. The van der Waals surface area contributed by atoms with Crippen molar-refractivity contribution in [2.75, 3.05) is 44.3 Å². The van der Waals surface area contributed by atoms with Crippen molar-refractivity contribution in [1.82, 2.24) is 4.90 Å². The summed E-state index contributed by atoms with van der Waals surface area (Å²) in [6.45, 7) is 1.73. The molecule has 0 saturated carbocycles. The number of amides is 1. The van der Waals surface area contributed by atoms with Gasteiger partial charge in [0.25, 0.3) is 0 Å². The number of benzene rings is 1. The molecule has 19 heavy (non-hydrogen) atoms. The van der Waals surface area contributed by atoms with Crippen LogP contribution < -0.4 is 4.90 Å². The summed E-state index contributed by atoms with van der Waals surface area (Å²) in [5.41, 5.74) is 2.19. The number of aliphatic hydroxyl groups excluding tert-OH is 2. The quantitative estimate of drug-likeness (QED) is 0.751. The third-order valence-electron chi connectivity index (χ3n) is 3.38. The molecule has 2 rings (SSSR count). The number of fused-ring (bicyclic) bond motifs is 1. The van der Waals surface area contributed by atoms with Crippen LogP contribution in [0.25, 0.3) is 0 Å². The highest BCUT2D eigenvalue weighted by molar-refractivity contribution is 5.96. The fourth-order valence-electron chi connectivity index (χ4n) is 2.43. The van der Waals surface area contributed by atoms with Crippen molar-refractivity contribution in [2.45, 2.75) is 6.42 Å². The summed E-state index contributed by atoms with van der Waals surface area (Å²) in [5, 5.41) is 17.9. The van der Waals surface area contributed by atoms with Crippen LogP contribution in [-0.2, 0) is 11.2 Å². The zero-order chi connectivity index (χ0) is 13.7. The Kier molecular flexibility index (Phi) is 4.90. The first-order valence-corrected chi connectivity index (χ1v) is 6.58. The smallest absolute Gasteiger partial charge is 0.241 e. The molecule has 0 fully saturated rings. The average Bonchev–Trinajstić information content (AvgIpc) is 2.83. The van der Waals surface area contributed by atoms with Gasteiger partial charge in [0, 0.05) is 25.3 Å². The van der Waals surface area contributed by atoms with Gasteiger partial charge in [0.05, 0.1) is 19.8 Å². The van der Waals surface area contributed by atoms with Gasteiger partial charge >= 0.3 is 0 Å². The van der Waals surface area contributed by atoms with Crippen LogP contribution in [0.15, 0.2) is 24.3 Å². The van der Waals surface area contributed by atoms with E-state index in [-0.39, 0.29) is 25.7 Å². The third kappa shape index (κ3) is 3.32. The fraction of sp³-hybridized carbons (Fsp3) is 0.500. The predicted molar refractivity (Wildman–Crippen MR) is 73.1 cm³/mol. The predicted octanol–water partition coefficient (Wildman–Crippen LogP) is -0.138. The highest BCUT2D eigenvalue weighted by Gasteiger charge is 2.25. The topological polar surface area (TPSA) is 64.0 Å². The van der Waals surface area contributed by atoms with E-state index in [0.29, 0.717) is 19.6 Å². The van der Waals surface area contributed by atoms with Crippen molar-refractivity contribution in [3.05, 3.63) is 29.8 Å². The molecule has 0 bridgehead atoms. The molecule has 0 unspecified atom stereocenters. The van der Waals surface area contributed by atoms with Crippen molar-refractivity contribution >= 4 is 11.6 Å². The molecular weight excluding hydrogens is 244 g/mol. The number of para-hydroxylation sites is 1. The van der Waals surface area contributed by atoms with Gasteiger partial charge < -0.3 is 15.1 Å². The number of hydrogen-bond acceptors (Lipinski definition) is 4. The van der Waals surface area contributed by atoms with E-state index in [0.717, 1.165) is 12.1 Å². The lowest BCUT2D eigenvalue weighted by molar-refractivity contribution is -0.119. The Balaban J connectivity index is 2.01. The van der Waals surface area contributed by atoms with Crippen molar-refractivity contribution < 1.29 is 15.0 Å². The van der Waals surface area contributed by atoms with Crippen LogP contribution in [0.1, 0.15) is 5.56 Å². The molecule has 5 nitrogen and oxygen atoms in total. The second-order valence-electron chi connectivity index (χ2n) is 4.65. The van der Waals surface area contributed by atoms with Gasteiger partial charge in [0.2, 0.25) is 5.91 Å². The summed E-state index contributed by atoms with van der Waals surface area (Å²) in [6.07, 6.45) is 0.891. The number of aliphatic hydroxyl groups is 2. The highest BCUT2D eigenvalue weighted by atomic mass is 16.3. The average molecular weight is 264 g/mol. The maximum atomic E-state index is 12.3. The van der Waals surface area contributed by atoms with E-state index in [1.807, 2.05) is 24.3 Å². The maximum absolute atomic E-state index is 12.3. The van der Waals surface area contributed by atoms with E-state index < -0.39 is 0 Å². The number of nitrogens with zero attached hydrogens (tertiary/aromatic N) is 2. The van der Waals surface area contributed by atoms with Gasteiger partial charge in [0.1, 0.15) is 0 Å². The summed E-state index contributed by atoms with van der Waals surface area (Å²) in [5.74, 6) is 0.0202. The third-order valence-corrected chi connectivity index (χ3v) is 3.38. The first-order chi connectivity index (χ1) is 9.26. The fourth-order valence-corrected chi connectivity index (χ4v) is 2.43. The molecule has 104 valence electrons.